The molecule has 0 aromatic rings. The second kappa shape index (κ2) is 17.8. The van der Waals surface area contributed by atoms with Crippen LogP contribution in [-0.4, -0.2) is 23.1 Å². The van der Waals surface area contributed by atoms with Crippen LogP contribution in [0, 0.1) is 5.92 Å². The number of hydrogen-bond donors (Lipinski definition) is 1. The van der Waals surface area contributed by atoms with Gasteiger partial charge in [0.15, 0.2) is 0 Å². The van der Waals surface area contributed by atoms with Crippen molar-refractivity contribution in [2.24, 2.45) is 5.92 Å². The lowest BCUT2D eigenvalue weighted by Crippen LogP contribution is -2.27. The van der Waals surface area contributed by atoms with E-state index < -0.39 is 18.0 Å². The molecular formula is C23H40O4. The Morgan fingerprint density at radius 3 is 2.00 bits per heavy atom. The lowest BCUT2D eigenvalue weighted by molar-refractivity contribution is -0.156. The highest BCUT2D eigenvalue weighted by Crippen LogP contribution is 2.12. The molecule has 0 amide bonds. The first-order valence-electron chi connectivity index (χ1n) is 10.7. The van der Waals surface area contributed by atoms with Crippen molar-refractivity contribution in [1.29, 1.82) is 0 Å². The molecule has 27 heavy (non-hydrogen) atoms. The van der Waals surface area contributed by atoms with Gasteiger partial charge in [0.25, 0.3) is 0 Å². The molecule has 0 radical (unpaired) electrons. The molecule has 0 aliphatic carbocycles. The minimum absolute atomic E-state index is 0.290. The van der Waals surface area contributed by atoms with Crippen molar-refractivity contribution in [2.75, 3.05) is 0 Å². The maximum atomic E-state index is 11.7. The third-order valence-corrected chi connectivity index (χ3v) is 4.74. The molecule has 0 saturated heterocycles. The molecule has 0 aromatic heterocycles. The standard InChI is InChI=1S/C23H40O4/c1-4-5-6-7-8-9-10-11-12-13-14-15-16-17-18-19-22(24)27-21(3)20(2)23(25)26/h8-9,11-12,20-21H,4-7,10,13-19H2,1-3H3,(H,25,26). The fourth-order valence-corrected chi connectivity index (χ4v) is 2.65. The predicted molar refractivity (Wildman–Crippen MR) is 112 cm³/mol. The van der Waals surface area contributed by atoms with Crippen molar-refractivity contribution in [1.82, 2.24) is 0 Å². The molecule has 0 aliphatic rings. The topological polar surface area (TPSA) is 63.6 Å². The van der Waals surface area contributed by atoms with Crippen LogP contribution < -0.4 is 0 Å². The van der Waals surface area contributed by atoms with Crippen molar-refractivity contribution >= 4 is 11.9 Å². The Balaban J connectivity index is 3.48. The largest absolute Gasteiger partial charge is 0.481 e. The monoisotopic (exact) mass is 380 g/mol. The van der Waals surface area contributed by atoms with Crippen LogP contribution in [0.4, 0.5) is 0 Å². The number of rotatable bonds is 17. The van der Waals surface area contributed by atoms with Gasteiger partial charge in [0.1, 0.15) is 6.10 Å². The number of unbranched alkanes of at least 4 members (excludes halogenated alkanes) is 8. The zero-order valence-electron chi connectivity index (χ0n) is 17.6. The first-order chi connectivity index (χ1) is 13.0. The van der Waals surface area contributed by atoms with Crippen molar-refractivity contribution < 1.29 is 19.4 Å². The average Bonchev–Trinajstić information content (AvgIpc) is 2.64. The van der Waals surface area contributed by atoms with Crippen molar-refractivity contribution in [3.63, 3.8) is 0 Å². The first-order valence-corrected chi connectivity index (χ1v) is 10.7. The molecule has 0 fully saturated rings. The molecule has 0 heterocycles. The van der Waals surface area contributed by atoms with Crippen molar-refractivity contribution in [2.45, 2.75) is 104 Å². The summed E-state index contributed by atoms with van der Waals surface area (Å²) in [7, 11) is 0. The molecule has 2 unspecified atom stereocenters. The van der Waals surface area contributed by atoms with Gasteiger partial charge in [-0.25, -0.2) is 0 Å². The Labute approximate surface area is 166 Å². The van der Waals surface area contributed by atoms with Crippen LogP contribution in [0.15, 0.2) is 24.3 Å². The molecule has 0 spiro atoms. The van der Waals surface area contributed by atoms with Crippen molar-refractivity contribution in [3.05, 3.63) is 24.3 Å². The maximum absolute atomic E-state index is 11.7. The molecule has 0 saturated carbocycles. The second-order valence-electron chi connectivity index (χ2n) is 7.30. The van der Waals surface area contributed by atoms with Crippen molar-refractivity contribution in [3.8, 4) is 0 Å². The Kier molecular flexibility index (Phi) is 16.8. The molecule has 0 rings (SSSR count). The van der Waals surface area contributed by atoms with Gasteiger partial charge in [-0.1, -0.05) is 63.3 Å². The molecular weight excluding hydrogens is 340 g/mol. The maximum Gasteiger partial charge on any atom is 0.309 e. The summed E-state index contributed by atoms with van der Waals surface area (Å²) < 4.78 is 5.16. The van der Waals surface area contributed by atoms with Gasteiger partial charge < -0.3 is 9.84 Å². The number of esters is 1. The third kappa shape index (κ3) is 16.3. The normalized spacial score (nSPS) is 13.9. The summed E-state index contributed by atoms with van der Waals surface area (Å²) in [5.41, 5.74) is 0. The van der Waals surface area contributed by atoms with Gasteiger partial charge in [-0.05, 0) is 52.4 Å². The zero-order valence-corrected chi connectivity index (χ0v) is 17.6. The summed E-state index contributed by atoms with van der Waals surface area (Å²) in [6.07, 6.45) is 21.4. The lowest BCUT2D eigenvalue weighted by Gasteiger charge is -2.16. The molecule has 4 nitrogen and oxygen atoms in total. The van der Waals surface area contributed by atoms with Crippen LogP contribution in [0.2, 0.25) is 0 Å². The fourth-order valence-electron chi connectivity index (χ4n) is 2.65. The van der Waals surface area contributed by atoms with E-state index in [2.05, 4.69) is 31.2 Å². The van der Waals surface area contributed by atoms with E-state index in [0.717, 1.165) is 32.1 Å². The number of carbonyl (C=O) groups is 2. The van der Waals surface area contributed by atoms with E-state index in [1.165, 1.54) is 38.5 Å². The molecule has 0 aromatic carbocycles. The van der Waals surface area contributed by atoms with Crippen LogP contribution in [-0.2, 0) is 14.3 Å². The van der Waals surface area contributed by atoms with Gasteiger partial charge in [-0.15, -0.1) is 0 Å². The molecule has 0 bridgehead atoms. The molecule has 156 valence electrons. The highest BCUT2D eigenvalue weighted by atomic mass is 16.5. The van der Waals surface area contributed by atoms with E-state index in [4.69, 9.17) is 9.84 Å². The minimum atomic E-state index is -0.938. The van der Waals surface area contributed by atoms with E-state index in [1.807, 2.05) is 0 Å². The SMILES string of the molecule is CCCCCC=CCC=CCCCCCCCC(=O)OC(C)C(C)C(=O)O. The molecule has 0 aliphatic heterocycles. The fraction of sp³-hybridized carbons (Fsp3) is 0.739. The third-order valence-electron chi connectivity index (χ3n) is 4.74. The Bertz CT molecular complexity index is 440. The van der Waals surface area contributed by atoms with Gasteiger partial charge in [0.05, 0.1) is 5.92 Å². The average molecular weight is 381 g/mol. The number of aliphatic carboxylic acids is 1. The van der Waals surface area contributed by atoms with E-state index in [-0.39, 0.29) is 5.97 Å². The first kappa shape index (κ1) is 25.4. The van der Waals surface area contributed by atoms with Gasteiger partial charge in [-0.2, -0.15) is 0 Å². The second-order valence-corrected chi connectivity index (χ2v) is 7.30. The van der Waals surface area contributed by atoms with E-state index >= 15 is 0 Å². The summed E-state index contributed by atoms with van der Waals surface area (Å²) in [6, 6.07) is 0. The van der Waals surface area contributed by atoms with E-state index in [0.29, 0.717) is 6.42 Å². The Hall–Kier alpha value is -1.58. The van der Waals surface area contributed by atoms with Crippen LogP contribution in [0.25, 0.3) is 0 Å². The van der Waals surface area contributed by atoms with Gasteiger partial charge in [0, 0.05) is 6.42 Å². The van der Waals surface area contributed by atoms with Crippen LogP contribution >= 0.6 is 0 Å². The van der Waals surface area contributed by atoms with Crippen LogP contribution in [0.5, 0.6) is 0 Å². The number of carbonyl (C=O) groups excluding carboxylic acids is 1. The summed E-state index contributed by atoms with van der Waals surface area (Å²) in [5, 5.41) is 8.88. The summed E-state index contributed by atoms with van der Waals surface area (Å²) >= 11 is 0. The lowest BCUT2D eigenvalue weighted by atomic mass is 10.1. The Morgan fingerprint density at radius 2 is 1.41 bits per heavy atom. The summed E-state index contributed by atoms with van der Waals surface area (Å²) in [4.78, 5) is 22.5. The Morgan fingerprint density at radius 1 is 0.852 bits per heavy atom. The van der Waals surface area contributed by atoms with Gasteiger partial charge >= 0.3 is 11.9 Å². The highest BCUT2D eigenvalue weighted by Gasteiger charge is 2.22. The highest BCUT2D eigenvalue weighted by molar-refractivity contribution is 5.72. The number of hydrogen-bond acceptors (Lipinski definition) is 3. The molecule has 1 N–H and O–H groups in total. The number of ether oxygens (including phenoxy) is 1. The summed E-state index contributed by atoms with van der Waals surface area (Å²) in [6.45, 7) is 5.41. The molecule has 2 atom stereocenters. The van der Waals surface area contributed by atoms with Crippen LogP contribution in [0.1, 0.15) is 97.8 Å². The van der Waals surface area contributed by atoms with Gasteiger partial charge in [-0.3, -0.25) is 9.59 Å². The van der Waals surface area contributed by atoms with Crippen LogP contribution in [0.3, 0.4) is 0 Å². The number of carboxylic acid groups (broad SMARTS) is 1. The van der Waals surface area contributed by atoms with E-state index in [9.17, 15) is 9.59 Å². The van der Waals surface area contributed by atoms with E-state index in [1.54, 1.807) is 13.8 Å². The predicted octanol–water partition coefficient (Wildman–Crippen LogP) is 6.45. The van der Waals surface area contributed by atoms with Gasteiger partial charge in [0.2, 0.25) is 0 Å². The quantitative estimate of drug-likeness (QED) is 0.179. The minimum Gasteiger partial charge on any atom is -0.481 e. The molecule has 4 heteroatoms. The number of allylic oxidation sites excluding steroid dienone is 4. The zero-order chi connectivity index (χ0) is 20.3. The summed E-state index contributed by atoms with van der Waals surface area (Å²) in [5.74, 6) is -1.90. The smallest absolute Gasteiger partial charge is 0.309 e. The number of carboxylic acids is 1.